The minimum Gasteiger partial charge on any atom is -0.467 e. The molecule has 0 bridgehead atoms. The number of esters is 1. The maximum absolute atomic E-state index is 13.2. The van der Waals surface area contributed by atoms with Gasteiger partial charge in [0.05, 0.1) is 24.2 Å². The average molecular weight is 396 g/mol. The molecule has 2 aliphatic heterocycles. The third-order valence-corrected chi connectivity index (χ3v) is 6.09. The van der Waals surface area contributed by atoms with Crippen molar-refractivity contribution in [3.8, 4) is 0 Å². The van der Waals surface area contributed by atoms with Crippen molar-refractivity contribution in [1.82, 2.24) is 14.9 Å². The second kappa shape index (κ2) is 7.97. The molecule has 2 saturated heterocycles. The summed E-state index contributed by atoms with van der Waals surface area (Å²) < 4.78 is 4.89. The number of aromatic nitrogens is 2. The molecule has 7 nitrogen and oxygen atoms in total. The summed E-state index contributed by atoms with van der Waals surface area (Å²) in [5.74, 6) is 0.276. The van der Waals surface area contributed by atoms with E-state index in [0.717, 1.165) is 48.0 Å². The number of hydrogen-bond acceptors (Lipinski definition) is 6. The molecule has 2 aromatic rings. The number of carbonyl (C=O) groups excluding carboxylic acids is 2. The SMILES string of the molecule is COC(=O)[C@@H]1CCCN1C(=O)[C@H]1CCCN(c2nc(C)c3ccc(C)cc3n2)C1. The molecule has 1 aromatic carbocycles. The Bertz CT molecular complexity index is 945. The van der Waals surface area contributed by atoms with Crippen LogP contribution >= 0.6 is 0 Å². The lowest BCUT2D eigenvalue weighted by Crippen LogP contribution is -2.48. The number of rotatable bonds is 3. The van der Waals surface area contributed by atoms with E-state index in [1.165, 1.54) is 7.11 Å². The van der Waals surface area contributed by atoms with Crippen LogP contribution in [0.1, 0.15) is 36.9 Å². The predicted molar refractivity (Wildman–Crippen MR) is 111 cm³/mol. The number of benzene rings is 1. The highest BCUT2D eigenvalue weighted by molar-refractivity contribution is 5.87. The Labute approximate surface area is 171 Å². The minimum absolute atomic E-state index is 0.0518. The highest BCUT2D eigenvalue weighted by Gasteiger charge is 2.39. The lowest BCUT2D eigenvalue weighted by Gasteiger charge is -2.35. The zero-order chi connectivity index (χ0) is 20.5. The van der Waals surface area contributed by atoms with Crippen molar-refractivity contribution < 1.29 is 14.3 Å². The summed E-state index contributed by atoms with van der Waals surface area (Å²) in [5, 5.41) is 1.06. The van der Waals surface area contributed by atoms with Crippen LogP contribution in [-0.2, 0) is 14.3 Å². The molecule has 1 aromatic heterocycles. The third-order valence-electron chi connectivity index (χ3n) is 6.09. The highest BCUT2D eigenvalue weighted by Crippen LogP contribution is 2.28. The Balaban J connectivity index is 1.55. The Hall–Kier alpha value is -2.70. The quantitative estimate of drug-likeness (QED) is 0.743. The van der Waals surface area contributed by atoms with E-state index in [0.29, 0.717) is 25.5 Å². The van der Waals surface area contributed by atoms with Crippen LogP contribution < -0.4 is 4.90 Å². The number of ether oxygens (including phenoxy) is 1. The first-order valence-electron chi connectivity index (χ1n) is 10.4. The van der Waals surface area contributed by atoms with Gasteiger partial charge in [0.15, 0.2) is 0 Å². The fourth-order valence-corrected chi connectivity index (χ4v) is 4.53. The number of likely N-dealkylation sites (tertiary alicyclic amines) is 1. The van der Waals surface area contributed by atoms with Gasteiger partial charge in [-0.15, -0.1) is 0 Å². The number of fused-ring (bicyclic) bond motifs is 1. The van der Waals surface area contributed by atoms with Gasteiger partial charge in [-0.05, 0) is 51.2 Å². The van der Waals surface area contributed by atoms with Crippen molar-refractivity contribution in [2.75, 3.05) is 31.6 Å². The molecule has 0 N–H and O–H groups in total. The Morgan fingerprint density at radius 3 is 2.69 bits per heavy atom. The number of nitrogens with zero attached hydrogens (tertiary/aromatic N) is 4. The molecule has 0 saturated carbocycles. The molecule has 0 unspecified atom stereocenters. The molecular weight excluding hydrogens is 368 g/mol. The molecule has 0 spiro atoms. The predicted octanol–water partition coefficient (Wildman–Crippen LogP) is 2.63. The molecule has 4 rings (SSSR count). The minimum atomic E-state index is -0.440. The Morgan fingerprint density at radius 1 is 1.10 bits per heavy atom. The van der Waals surface area contributed by atoms with Crippen LogP contribution in [0.3, 0.4) is 0 Å². The van der Waals surface area contributed by atoms with Crippen LogP contribution in [0.4, 0.5) is 5.95 Å². The molecule has 2 atom stereocenters. The van der Waals surface area contributed by atoms with Crippen LogP contribution in [0.25, 0.3) is 10.9 Å². The van der Waals surface area contributed by atoms with E-state index in [1.807, 2.05) is 6.92 Å². The summed E-state index contributed by atoms with van der Waals surface area (Å²) in [6, 6.07) is 5.77. The number of amides is 1. The smallest absolute Gasteiger partial charge is 0.328 e. The molecule has 0 aliphatic carbocycles. The molecule has 1 amide bonds. The Kier molecular flexibility index (Phi) is 5.39. The average Bonchev–Trinajstić information content (AvgIpc) is 3.22. The van der Waals surface area contributed by atoms with Crippen molar-refractivity contribution in [2.45, 2.75) is 45.6 Å². The highest BCUT2D eigenvalue weighted by atomic mass is 16.5. The van der Waals surface area contributed by atoms with E-state index in [-0.39, 0.29) is 17.8 Å². The molecule has 0 radical (unpaired) electrons. The van der Waals surface area contributed by atoms with Gasteiger partial charge in [0.25, 0.3) is 0 Å². The van der Waals surface area contributed by atoms with Gasteiger partial charge in [-0.25, -0.2) is 14.8 Å². The van der Waals surface area contributed by atoms with E-state index in [9.17, 15) is 9.59 Å². The summed E-state index contributed by atoms with van der Waals surface area (Å²) in [4.78, 5) is 38.6. The maximum atomic E-state index is 13.2. The monoisotopic (exact) mass is 396 g/mol. The third kappa shape index (κ3) is 3.78. The molecule has 3 heterocycles. The Morgan fingerprint density at radius 2 is 1.90 bits per heavy atom. The van der Waals surface area contributed by atoms with Crippen molar-refractivity contribution in [3.05, 3.63) is 29.5 Å². The normalized spacial score (nSPS) is 22.2. The van der Waals surface area contributed by atoms with Gasteiger partial charge in [0.2, 0.25) is 11.9 Å². The summed E-state index contributed by atoms with van der Waals surface area (Å²) in [5.41, 5.74) is 3.05. The van der Waals surface area contributed by atoms with Gasteiger partial charge >= 0.3 is 5.97 Å². The lowest BCUT2D eigenvalue weighted by atomic mass is 9.96. The second-order valence-corrected chi connectivity index (χ2v) is 8.13. The van der Waals surface area contributed by atoms with Crippen LogP contribution in [0.5, 0.6) is 0 Å². The van der Waals surface area contributed by atoms with Crippen LogP contribution in [0.15, 0.2) is 18.2 Å². The van der Waals surface area contributed by atoms with E-state index in [2.05, 4.69) is 30.0 Å². The fourth-order valence-electron chi connectivity index (χ4n) is 4.53. The van der Waals surface area contributed by atoms with Crippen molar-refractivity contribution in [1.29, 1.82) is 0 Å². The summed E-state index contributed by atoms with van der Waals surface area (Å²) in [6.45, 7) is 6.10. The van der Waals surface area contributed by atoms with E-state index < -0.39 is 6.04 Å². The van der Waals surface area contributed by atoms with Gasteiger partial charge in [-0.2, -0.15) is 0 Å². The number of aryl methyl sites for hydroxylation is 2. The topological polar surface area (TPSA) is 75.6 Å². The molecular formula is C22H28N4O3. The van der Waals surface area contributed by atoms with Gasteiger partial charge in [-0.1, -0.05) is 12.1 Å². The first kappa shape index (κ1) is 19.6. The number of carbonyl (C=O) groups is 2. The van der Waals surface area contributed by atoms with Crippen molar-refractivity contribution in [2.24, 2.45) is 5.92 Å². The molecule has 2 aliphatic rings. The number of hydrogen-bond donors (Lipinski definition) is 0. The van der Waals surface area contributed by atoms with E-state index in [4.69, 9.17) is 14.7 Å². The van der Waals surface area contributed by atoms with Crippen molar-refractivity contribution in [3.63, 3.8) is 0 Å². The largest absolute Gasteiger partial charge is 0.467 e. The number of anilines is 1. The van der Waals surface area contributed by atoms with E-state index in [1.54, 1.807) is 4.90 Å². The first-order valence-corrected chi connectivity index (χ1v) is 10.4. The summed E-state index contributed by atoms with van der Waals surface area (Å²) in [6.07, 6.45) is 3.25. The number of methoxy groups -OCH3 is 1. The summed E-state index contributed by atoms with van der Waals surface area (Å²) in [7, 11) is 1.38. The van der Waals surface area contributed by atoms with Crippen LogP contribution in [0, 0.1) is 19.8 Å². The molecule has 154 valence electrons. The molecule has 2 fully saturated rings. The van der Waals surface area contributed by atoms with Crippen molar-refractivity contribution >= 4 is 28.7 Å². The number of piperidine rings is 1. The van der Waals surface area contributed by atoms with Gasteiger partial charge in [0.1, 0.15) is 6.04 Å². The van der Waals surface area contributed by atoms with Gasteiger partial charge < -0.3 is 14.5 Å². The van der Waals surface area contributed by atoms with Gasteiger partial charge in [-0.3, -0.25) is 4.79 Å². The lowest BCUT2D eigenvalue weighted by molar-refractivity contribution is -0.152. The van der Waals surface area contributed by atoms with E-state index >= 15 is 0 Å². The zero-order valence-electron chi connectivity index (χ0n) is 17.4. The van der Waals surface area contributed by atoms with Crippen LogP contribution in [-0.4, -0.2) is 59.5 Å². The first-order chi connectivity index (χ1) is 14.0. The van der Waals surface area contributed by atoms with Crippen LogP contribution in [0.2, 0.25) is 0 Å². The summed E-state index contributed by atoms with van der Waals surface area (Å²) >= 11 is 0. The maximum Gasteiger partial charge on any atom is 0.328 e. The second-order valence-electron chi connectivity index (χ2n) is 8.13. The molecule has 7 heteroatoms. The standard InChI is InChI=1S/C22H28N4O3/c1-14-8-9-17-15(2)23-22(24-18(17)12-14)25-10-4-6-16(13-25)20(27)26-11-5-7-19(26)21(28)29-3/h8-9,12,16,19H,4-7,10-11,13H2,1-3H3/t16-,19-/m0/s1. The molecule has 29 heavy (non-hydrogen) atoms. The fraction of sp³-hybridized carbons (Fsp3) is 0.545. The zero-order valence-corrected chi connectivity index (χ0v) is 17.4. The van der Waals surface area contributed by atoms with Gasteiger partial charge in [0, 0.05) is 25.0 Å².